The molecule has 2 aromatic heterocycles. The second kappa shape index (κ2) is 7.37. The Balaban J connectivity index is 1.28. The Labute approximate surface area is 177 Å². The molecule has 5 heterocycles. The van der Waals surface area contributed by atoms with Gasteiger partial charge in [0.05, 0.1) is 18.4 Å². The Kier molecular flexibility index (Phi) is 4.80. The van der Waals surface area contributed by atoms with Crippen LogP contribution in [0.1, 0.15) is 32.1 Å². The first-order valence-corrected chi connectivity index (χ1v) is 10.5. The molecule has 10 heteroatoms. The lowest BCUT2D eigenvalue weighted by Crippen LogP contribution is -2.47. The van der Waals surface area contributed by atoms with Gasteiger partial charge in [0.1, 0.15) is 11.1 Å². The quantitative estimate of drug-likeness (QED) is 0.791. The second-order valence-electron chi connectivity index (χ2n) is 8.28. The topological polar surface area (TPSA) is 74.3 Å². The SMILES string of the molecule is O=c1[nH]ncc(N2CC[C@@H](Oc3cc(N4C5CCC4CC(F)(F)C5)ccn3)C2)c1Cl. The molecular weight excluding hydrogens is 416 g/mol. The maximum absolute atomic E-state index is 13.9. The van der Waals surface area contributed by atoms with Gasteiger partial charge in [-0.3, -0.25) is 4.79 Å². The standard InChI is InChI=1S/C20H22ClF2N5O2/c21-18-16(10-25-26-19(18)29)27-6-4-15(11-27)30-17-7-12(3-5-24-17)28-13-1-2-14(28)9-20(22,23)8-13/h3,5,7,10,13-15H,1-2,4,6,8-9,11H2,(H,26,29)/t13?,14?,15-/m1/s1. The van der Waals surface area contributed by atoms with Gasteiger partial charge in [-0.1, -0.05) is 11.6 Å². The first-order chi connectivity index (χ1) is 14.4. The van der Waals surface area contributed by atoms with Crippen LogP contribution in [0, 0.1) is 0 Å². The maximum atomic E-state index is 13.9. The number of alkyl halides is 2. The molecule has 0 saturated carbocycles. The number of hydrogen-bond acceptors (Lipinski definition) is 6. The van der Waals surface area contributed by atoms with Crippen molar-refractivity contribution in [2.75, 3.05) is 22.9 Å². The molecule has 3 aliphatic rings. The number of piperidine rings is 1. The second-order valence-corrected chi connectivity index (χ2v) is 8.66. The number of ether oxygens (including phenoxy) is 1. The number of fused-ring (bicyclic) bond motifs is 2. The van der Waals surface area contributed by atoms with Crippen LogP contribution in [0.5, 0.6) is 5.88 Å². The lowest BCUT2D eigenvalue weighted by Gasteiger charge is -2.40. The predicted octanol–water partition coefficient (Wildman–Crippen LogP) is 3.24. The molecule has 3 atom stereocenters. The number of aromatic nitrogens is 3. The Hall–Kier alpha value is -2.42. The van der Waals surface area contributed by atoms with Gasteiger partial charge in [0, 0.05) is 55.8 Å². The van der Waals surface area contributed by atoms with E-state index in [0.29, 0.717) is 24.7 Å². The lowest BCUT2D eigenvalue weighted by atomic mass is 9.98. The summed E-state index contributed by atoms with van der Waals surface area (Å²) < 4.78 is 33.9. The maximum Gasteiger partial charge on any atom is 0.285 e. The van der Waals surface area contributed by atoms with E-state index in [9.17, 15) is 13.6 Å². The summed E-state index contributed by atoms with van der Waals surface area (Å²) in [6.07, 6.45) is 5.23. The van der Waals surface area contributed by atoms with Crippen molar-refractivity contribution in [1.82, 2.24) is 15.2 Å². The fourth-order valence-corrected chi connectivity index (χ4v) is 5.20. The fraction of sp³-hybridized carbons (Fsp3) is 0.550. The Morgan fingerprint density at radius 1 is 1.23 bits per heavy atom. The van der Waals surface area contributed by atoms with Crippen LogP contribution in [0.3, 0.4) is 0 Å². The smallest absolute Gasteiger partial charge is 0.285 e. The van der Waals surface area contributed by atoms with Gasteiger partial charge in [-0.25, -0.2) is 18.9 Å². The van der Waals surface area contributed by atoms with Gasteiger partial charge < -0.3 is 14.5 Å². The average molecular weight is 438 g/mol. The van der Waals surface area contributed by atoms with Gasteiger partial charge >= 0.3 is 0 Å². The van der Waals surface area contributed by atoms with Crippen molar-refractivity contribution >= 4 is 23.0 Å². The van der Waals surface area contributed by atoms with Gasteiger partial charge in [-0.2, -0.15) is 5.10 Å². The Bertz CT molecular complexity index is 987. The number of H-pyrrole nitrogens is 1. The van der Waals surface area contributed by atoms with E-state index in [1.54, 1.807) is 6.20 Å². The van der Waals surface area contributed by atoms with Gasteiger partial charge in [0.25, 0.3) is 11.5 Å². The highest BCUT2D eigenvalue weighted by molar-refractivity contribution is 6.33. The van der Waals surface area contributed by atoms with Gasteiger partial charge in [-0.05, 0) is 18.9 Å². The molecule has 3 fully saturated rings. The van der Waals surface area contributed by atoms with Crippen LogP contribution < -0.4 is 20.1 Å². The van der Waals surface area contributed by atoms with E-state index in [4.69, 9.17) is 16.3 Å². The first-order valence-electron chi connectivity index (χ1n) is 10.2. The van der Waals surface area contributed by atoms with E-state index >= 15 is 0 Å². The molecule has 0 spiro atoms. The fourth-order valence-electron chi connectivity index (χ4n) is 4.99. The molecule has 0 aliphatic carbocycles. The summed E-state index contributed by atoms with van der Waals surface area (Å²) in [6, 6.07) is 3.44. The number of pyridine rings is 1. The molecule has 0 aromatic carbocycles. The third-order valence-electron chi connectivity index (χ3n) is 6.26. The number of rotatable bonds is 4. The number of aromatic amines is 1. The third-order valence-corrected chi connectivity index (χ3v) is 6.62. The third kappa shape index (κ3) is 3.59. The summed E-state index contributed by atoms with van der Waals surface area (Å²) in [5, 5.41) is 6.24. The predicted molar refractivity (Wildman–Crippen MR) is 109 cm³/mol. The summed E-state index contributed by atoms with van der Waals surface area (Å²) >= 11 is 6.10. The molecule has 1 N–H and O–H groups in total. The zero-order valence-electron chi connectivity index (χ0n) is 16.2. The zero-order chi connectivity index (χ0) is 20.9. The number of anilines is 2. The lowest BCUT2D eigenvalue weighted by molar-refractivity contribution is -0.0357. The summed E-state index contributed by atoms with van der Waals surface area (Å²) in [5.41, 5.74) is 1.05. The molecule has 3 aliphatic heterocycles. The van der Waals surface area contributed by atoms with Crippen molar-refractivity contribution in [2.24, 2.45) is 0 Å². The monoisotopic (exact) mass is 437 g/mol. The molecule has 2 bridgehead atoms. The molecule has 30 heavy (non-hydrogen) atoms. The van der Waals surface area contributed by atoms with E-state index in [-0.39, 0.29) is 36.1 Å². The van der Waals surface area contributed by atoms with Crippen molar-refractivity contribution in [3.8, 4) is 5.88 Å². The first kappa shape index (κ1) is 19.5. The Morgan fingerprint density at radius 3 is 2.77 bits per heavy atom. The summed E-state index contributed by atoms with van der Waals surface area (Å²) in [5.74, 6) is -2.09. The van der Waals surface area contributed by atoms with Crippen molar-refractivity contribution in [2.45, 2.75) is 56.2 Å². The van der Waals surface area contributed by atoms with E-state index in [0.717, 1.165) is 24.9 Å². The highest BCUT2D eigenvalue weighted by Gasteiger charge is 2.49. The van der Waals surface area contributed by atoms with Crippen molar-refractivity contribution in [3.63, 3.8) is 0 Å². The number of nitrogens with zero attached hydrogens (tertiary/aromatic N) is 4. The molecule has 2 unspecified atom stereocenters. The van der Waals surface area contributed by atoms with Crippen LogP contribution in [-0.2, 0) is 0 Å². The molecule has 160 valence electrons. The molecule has 0 radical (unpaired) electrons. The molecule has 0 amide bonds. The molecular formula is C20H22ClF2N5O2. The highest BCUT2D eigenvalue weighted by atomic mass is 35.5. The van der Waals surface area contributed by atoms with Gasteiger partial charge in [0.15, 0.2) is 0 Å². The molecule has 7 nitrogen and oxygen atoms in total. The van der Waals surface area contributed by atoms with Gasteiger partial charge in [0.2, 0.25) is 5.88 Å². The minimum absolute atomic E-state index is 0.0927. The van der Waals surface area contributed by atoms with Crippen LogP contribution in [-0.4, -0.2) is 52.4 Å². The van der Waals surface area contributed by atoms with Crippen molar-refractivity contribution in [3.05, 3.63) is 39.9 Å². The summed E-state index contributed by atoms with van der Waals surface area (Å²) in [7, 11) is 0. The van der Waals surface area contributed by atoms with Crippen LogP contribution >= 0.6 is 11.6 Å². The number of hydrogen-bond donors (Lipinski definition) is 1. The average Bonchev–Trinajstić information content (AvgIpc) is 3.27. The largest absolute Gasteiger partial charge is 0.472 e. The normalized spacial score (nSPS) is 27.5. The number of halogens is 3. The highest BCUT2D eigenvalue weighted by Crippen LogP contribution is 2.46. The summed E-state index contributed by atoms with van der Waals surface area (Å²) in [6.45, 7) is 1.23. The van der Waals surface area contributed by atoms with Crippen LogP contribution in [0.15, 0.2) is 29.3 Å². The zero-order valence-corrected chi connectivity index (χ0v) is 17.0. The molecule has 2 aromatic rings. The van der Waals surface area contributed by atoms with Crippen molar-refractivity contribution < 1.29 is 13.5 Å². The van der Waals surface area contributed by atoms with Crippen molar-refractivity contribution in [1.29, 1.82) is 0 Å². The van der Waals surface area contributed by atoms with Crippen LogP contribution in [0.25, 0.3) is 0 Å². The van der Waals surface area contributed by atoms with E-state index in [1.165, 1.54) is 6.20 Å². The minimum Gasteiger partial charge on any atom is -0.472 e. The van der Waals surface area contributed by atoms with E-state index in [2.05, 4.69) is 20.1 Å². The van der Waals surface area contributed by atoms with Gasteiger partial charge in [-0.15, -0.1) is 0 Å². The van der Waals surface area contributed by atoms with E-state index in [1.807, 2.05) is 17.0 Å². The summed E-state index contributed by atoms with van der Waals surface area (Å²) in [4.78, 5) is 20.1. The molecule has 3 saturated heterocycles. The number of nitrogens with one attached hydrogen (secondary N) is 1. The van der Waals surface area contributed by atoms with E-state index < -0.39 is 11.5 Å². The Morgan fingerprint density at radius 2 is 2.00 bits per heavy atom. The van der Waals surface area contributed by atoms with Crippen LogP contribution in [0.4, 0.5) is 20.2 Å². The minimum atomic E-state index is -2.57. The van der Waals surface area contributed by atoms with Crippen LogP contribution in [0.2, 0.25) is 5.02 Å². The molecule has 5 rings (SSSR count).